The standard InChI is InChI=1S/C14H18Cl2N2O2/c1-14(2,3)20-13(19)17-9-5-4-6-10-7-8-11(15)18-12(10)16/h4,6-8H,5,9H2,1-3H3,(H,17,19). The molecule has 0 aliphatic rings. The fraction of sp³-hybridized carbons (Fsp3) is 0.429. The minimum absolute atomic E-state index is 0.355. The van der Waals surface area contributed by atoms with Gasteiger partial charge in [-0.25, -0.2) is 9.78 Å². The molecule has 0 aliphatic carbocycles. The first kappa shape index (κ1) is 16.8. The molecule has 20 heavy (non-hydrogen) atoms. The van der Waals surface area contributed by atoms with Gasteiger partial charge in [-0.2, -0.15) is 0 Å². The van der Waals surface area contributed by atoms with Crippen LogP contribution in [0.25, 0.3) is 6.08 Å². The molecule has 0 atom stereocenters. The molecule has 110 valence electrons. The second kappa shape index (κ2) is 7.50. The van der Waals surface area contributed by atoms with Crippen LogP contribution in [-0.4, -0.2) is 23.2 Å². The zero-order chi connectivity index (χ0) is 15.2. The Bertz CT molecular complexity index is 496. The Balaban J connectivity index is 2.34. The summed E-state index contributed by atoms with van der Waals surface area (Å²) in [4.78, 5) is 15.3. The topological polar surface area (TPSA) is 51.2 Å². The predicted octanol–water partition coefficient (Wildman–Crippen LogP) is 4.32. The highest BCUT2D eigenvalue weighted by Crippen LogP contribution is 2.17. The molecule has 1 N–H and O–H groups in total. The molecule has 0 saturated carbocycles. The molecule has 0 fully saturated rings. The number of carbonyl (C=O) groups excluding carboxylic acids is 1. The Morgan fingerprint density at radius 1 is 1.40 bits per heavy atom. The molecule has 1 aromatic rings. The van der Waals surface area contributed by atoms with Crippen molar-refractivity contribution in [2.45, 2.75) is 32.8 Å². The summed E-state index contributed by atoms with van der Waals surface area (Å²) in [6.45, 7) is 5.95. The Morgan fingerprint density at radius 3 is 2.70 bits per heavy atom. The first-order valence-corrected chi connectivity index (χ1v) is 6.99. The van der Waals surface area contributed by atoms with Crippen LogP contribution in [0.1, 0.15) is 32.8 Å². The minimum Gasteiger partial charge on any atom is -0.444 e. The van der Waals surface area contributed by atoms with E-state index in [2.05, 4.69) is 10.3 Å². The van der Waals surface area contributed by atoms with Crippen LogP contribution in [0.5, 0.6) is 0 Å². The van der Waals surface area contributed by atoms with E-state index in [0.717, 1.165) is 5.56 Å². The van der Waals surface area contributed by atoms with Crippen LogP contribution >= 0.6 is 23.2 Å². The molecule has 6 heteroatoms. The molecule has 1 rings (SSSR count). The number of nitrogens with one attached hydrogen (secondary N) is 1. The second-order valence-electron chi connectivity index (χ2n) is 5.13. The number of carbonyl (C=O) groups is 1. The van der Waals surface area contributed by atoms with Gasteiger partial charge in [0.15, 0.2) is 0 Å². The van der Waals surface area contributed by atoms with Crippen LogP contribution in [0.2, 0.25) is 10.3 Å². The Morgan fingerprint density at radius 2 is 2.10 bits per heavy atom. The molecule has 0 unspecified atom stereocenters. The van der Waals surface area contributed by atoms with E-state index < -0.39 is 11.7 Å². The van der Waals surface area contributed by atoms with E-state index in [9.17, 15) is 4.79 Å². The molecule has 0 radical (unpaired) electrons. The number of pyridine rings is 1. The number of hydrogen-bond acceptors (Lipinski definition) is 3. The highest BCUT2D eigenvalue weighted by Gasteiger charge is 2.15. The molecule has 1 heterocycles. The number of amides is 1. The van der Waals surface area contributed by atoms with Gasteiger partial charge in [-0.3, -0.25) is 0 Å². The Labute approximate surface area is 129 Å². The second-order valence-corrected chi connectivity index (χ2v) is 5.88. The van der Waals surface area contributed by atoms with Gasteiger partial charge in [0.1, 0.15) is 15.9 Å². The molecule has 0 spiro atoms. The molecular formula is C14H18Cl2N2O2. The van der Waals surface area contributed by atoms with E-state index in [1.165, 1.54) is 0 Å². The van der Waals surface area contributed by atoms with Crippen molar-refractivity contribution < 1.29 is 9.53 Å². The number of alkyl carbamates (subject to hydrolysis) is 1. The van der Waals surface area contributed by atoms with E-state index in [1.807, 2.05) is 32.9 Å². The van der Waals surface area contributed by atoms with Gasteiger partial charge in [0.25, 0.3) is 0 Å². The SMILES string of the molecule is CC(C)(C)OC(=O)NCCC=Cc1ccc(Cl)nc1Cl. The van der Waals surface area contributed by atoms with Crippen molar-refractivity contribution in [2.75, 3.05) is 6.54 Å². The molecule has 4 nitrogen and oxygen atoms in total. The van der Waals surface area contributed by atoms with Crippen molar-refractivity contribution in [2.24, 2.45) is 0 Å². The Hall–Kier alpha value is -1.26. The molecule has 0 saturated heterocycles. The van der Waals surface area contributed by atoms with Crippen molar-refractivity contribution in [3.05, 3.63) is 34.1 Å². The van der Waals surface area contributed by atoms with Gasteiger partial charge in [0, 0.05) is 12.1 Å². The van der Waals surface area contributed by atoms with Crippen LogP contribution < -0.4 is 5.32 Å². The average Bonchev–Trinajstić information content (AvgIpc) is 2.28. The number of hydrogen-bond donors (Lipinski definition) is 1. The number of rotatable bonds is 4. The van der Waals surface area contributed by atoms with Crippen LogP contribution in [0.4, 0.5) is 4.79 Å². The highest BCUT2D eigenvalue weighted by atomic mass is 35.5. The summed E-state index contributed by atoms with van der Waals surface area (Å²) in [5.74, 6) is 0. The molecule has 0 bridgehead atoms. The van der Waals surface area contributed by atoms with Crippen molar-refractivity contribution in [1.82, 2.24) is 10.3 Å². The summed E-state index contributed by atoms with van der Waals surface area (Å²) in [5.41, 5.74) is 0.302. The van der Waals surface area contributed by atoms with Crippen molar-refractivity contribution in [3.63, 3.8) is 0 Å². The third kappa shape index (κ3) is 6.78. The van der Waals surface area contributed by atoms with E-state index in [0.29, 0.717) is 23.3 Å². The quantitative estimate of drug-likeness (QED) is 0.665. The van der Waals surface area contributed by atoms with Gasteiger partial charge in [0.2, 0.25) is 0 Å². The van der Waals surface area contributed by atoms with Crippen molar-refractivity contribution in [1.29, 1.82) is 0 Å². The van der Waals surface area contributed by atoms with Gasteiger partial charge in [-0.1, -0.05) is 35.4 Å². The summed E-state index contributed by atoms with van der Waals surface area (Å²) < 4.78 is 5.11. The van der Waals surface area contributed by atoms with Gasteiger partial charge in [-0.05, 0) is 39.3 Å². The lowest BCUT2D eigenvalue weighted by Gasteiger charge is -2.19. The van der Waals surface area contributed by atoms with E-state index >= 15 is 0 Å². The maximum absolute atomic E-state index is 11.4. The molecular weight excluding hydrogens is 299 g/mol. The van der Waals surface area contributed by atoms with Gasteiger partial charge < -0.3 is 10.1 Å². The first-order chi connectivity index (χ1) is 9.28. The minimum atomic E-state index is -0.484. The summed E-state index contributed by atoms with van der Waals surface area (Å²) in [6, 6.07) is 3.46. The number of nitrogens with zero attached hydrogens (tertiary/aromatic N) is 1. The lowest BCUT2D eigenvalue weighted by molar-refractivity contribution is 0.0529. The van der Waals surface area contributed by atoms with Crippen LogP contribution in [0.15, 0.2) is 18.2 Å². The fourth-order valence-corrected chi connectivity index (χ4v) is 1.74. The number of ether oxygens (including phenoxy) is 1. The van der Waals surface area contributed by atoms with E-state index in [-0.39, 0.29) is 0 Å². The summed E-state index contributed by atoms with van der Waals surface area (Å²) in [6.07, 6.45) is 3.98. The maximum Gasteiger partial charge on any atom is 0.407 e. The van der Waals surface area contributed by atoms with E-state index in [1.54, 1.807) is 12.1 Å². The monoisotopic (exact) mass is 316 g/mol. The molecule has 0 aromatic carbocycles. The largest absolute Gasteiger partial charge is 0.444 e. The summed E-state index contributed by atoms with van der Waals surface area (Å²) in [5, 5.41) is 3.38. The number of halogens is 2. The van der Waals surface area contributed by atoms with Gasteiger partial charge >= 0.3 is 6.09 Å². The predicted molar refractivity (Wildman–Crippen MR) is 82.1 cm³/mol. The highest BCUT2D eigenvalue weighted by molar-refractivity contribution is 6.33. The smallest absolute Gasteiger partial charge is 0.407 e. The lowest BCUT2D eigenvalue weighted by atomic mass is 10.2. The van der Waals surface area contributed by atoms with Gasteiger partial charge in [-0.15, -0.1) is 0 Å². The molecule has 1 amide bonds. The molecule has 0 aliphatic heterocycles. The van der Waals surface area contributed by atoms with Crippen LogP contribution in [-0.2, 0) is 4.74 Å². The fourth-order valence-electron chi connectivity index (χ4n) is 1.33. The Kier molecular flexibility index (Phi) is 6.30. The van der Waals surface area contributed by atoms with Crippen LogP contribution in [0.3, 0.4) is 0 Å². The van der Waals surface area contributed by atoms with E-state index in [4.69, 9.17) is 27.9 Å². The van der Waals surface area contributed by atoms with Crippen molar-refractivity contribution in [3.8, 4) is 0 Å². The third-order valence-corrected chi connectivity index (χ3v) is 2.63. The molecule has 1 aromatic heterocycles. The first-order valence-electron chi connectivity index (χ1n) is 6.23. The van der Waals surface area contributed by atoms with Crippen molar-refractivity contribution >= 4 is 35.4 Å². The third-order valence-electron chi connectivity index (χ3n) is 2.12. The number of aromatic nitrogens is 1. The van der Waals surface area contributed by atoms with Gasteiger partial charge in [0.05, 0.1) is 0 Å². The summed E-state index contributed by atoms with van der Waals surface area (Å²) in [7, 11) is 0. The zero-order valence-corrected chi connectivity index (χ0v) is 13.3. The summed E-state index contributed by atoms with van der Waals surface area (Å²) >= 11 is 11.6. The zero-order valence-electron chi connectivity index (χ0n) is 11.7. The van der Waals surface area contributed by atoms with Crippen LogP contribution in [0, 0.1) is 0 Å². The lowest BCUT2D eigenvalue weighted by Crippen LogP contribution is -2.32. The maximum atomic E-state index is 11.4. The normalized spacial score (nSPS) is 11.7. The average molecular weight is 317 g/mol.